The Balaban J connectivity index is 2.27. The van der Waals surface area contributed by atoms with Gasteiger partial charge in [-0.2, -0.15) is 0 Å². The van der Waals surface area contributed by atoms with Gasteiger partial charge in [0, 0.05) is 19.2 Å². The number of nitrogens with one attached hydrogen (secondary N) is 1. The van der Waals surface area contributed by atoms with Crippen molar-refractivity contribution in [3.05, 3.63) is 23.8 Å². The lowest BCUT2D eigenvalue weighted by atomic mass is 10.1. The standard InChI is InChI=1S/C13H19N3O2/c1-15-13(18)9-4-5-12(11(14)7-9)16-6-2-3-10(16)8-17/h4-5,7,10,17H,2-3,6,8,14H2,1H3,(H,15,18). The summed E-state index contributed by atoms with van der Waals surface area (Å²) in [6, 6.07) is 5.43. The summed E-state index contributed by atoms with van der Waals surface area (Å²) in [6.45, 7) is 1.03. The van der Waals surface area contributed by atoms with Gasteiger partial charge in [0.05, 0.1) is 24.0 Å². The number of carbonyl (C=O) groups excluding carboxylic acids is 1. The molecule has 1 amide bonds. The van der Waals surface area contributed by atoms with E-state index in [4.69, 9.17) is 5.73 Å². The minimum absolute atomic E-state index is 0.136. The summed E-state index contributed by atoms with van der Waals surface area (Å²) in [5.41, 5.74) is 8.04. The molecule has 0 aliphatic carbocycles. The number of nitrogens with two attached hydrogens (primary N) is 1. The third-order valence-electron chi connectivity index (χ3n) is 3.41. The van der Waals surface area contributed by atoms with E-state index in [1.807, 2.05) is 6.07 Å². The van der Waals surface area contributed by atoms with Gasteiger partial charge < -0.3 is 21.1 Å². The number of anilines is 2. The highest BCUT2D eigenvalue weighted by atomic mass is 16.3. The molecule has 5 nitrogen and oxygen atoms in total. The second-order valence-electron chi connectivity index (χ2n) is 4.52. The van der Waals surface area contributed by atoms with E-state index >= 15 is 0 Å². The van der Waals surface area contributed by atoms with E-state index in [1.165, 1.54) is 0 Å². The van der Waals surface area contributed by atoms with Crippen LogP contribution in [0.5, 0.6) is 0 Å². The van der Waals surface area contributed by atoms with Crippen LogP contribution in [0, 0.1) is 0 Å². The first kappa shape index (κ1) is 12.7. The van der Waals surface area contributed by atoms with E-state index in [2.05, 4.69) is 10.2 Å². The van der Waals surface area contributed by atoms with Crippen molar-refractivity contribution >= 4 is 17.3 Å². The molecule has 0 spiro atoms. The second-order valence-corrected chi connectivity index (χ2v) is 4.52. The summed E-state index contributed by atoms with van der Waals surface area (Å²) >= 11 is 0. The fraction of sp³-hybridized carbons (Fsp3) is 0.462. The first-order chi connectivity index (χ1) is 8.67. The van der Waals surface area contributed by atoms with Crippen molar-refractivity contribution in [2.45, 2.75) is 18.9 Å². The van der Waals surface area contributed by atoms with Crippen LogP contribution in [0.2, 0.25) is 0 Å². The quantitative estimate of drug-likeness (QED) is 0.685. The molecule has 5 heteroatoms. The monoisotopic (exact) mass is 249 g/mol. The highest BCUT2D eigenvalue weighted by molar-refractivity contribution is 5.96. The molecule has 98 valence electrons. The number of rotatable bonds is 3. The molecule has 0 saturated carbocycles. The molecule has 0 aromatic heterocycles. The Bertz CT molecular complexity index is 448. The first-order valence-corrected chi connectivity index (χ1v) is 6.16. The molecule has 1 unspecified atom stereocenters. The minimum Gasteiger partial charge on any atom is -0.397 e. The van der Waals surface area contributed by atoms with E-state index in [-0.39, 0.29) is 18.6 Å². The molecule has 1 aromatic rings. The number of hydrogen-bond acceptors (Lipinski definition) is 4. The van der Waals surface area contributed by atoms with E-state index in [9.17, 15) is 9.90 Å². The van der Waals surface area contributed by atoms with Crippen molar-refractivity contribution in [1.29, 1.82) is 0 Å². The van der Waals surface area contributed by atoms with Gasteiger partial charge in [-0.3, -0.25) is 4.79 Å². The number of benzene rings is 1. The van der Waals surface area contributed by atoms with Gasteiger partial charge in [-0.25, -0.2) is 0 Å². The largest absolute Gasteiger partial charge is 0.397 e. The van der Waals surface area contributed by atoms with Gasteiger partial charge in [0.25, 0.3) is 5.91 Å². The van der Waals surface area contributed by atoms with Crippen molar-refractivity contribution < 1.29 is 9.90 Å². The van der Waals surface area contributed by atoms with Crippen molar-refractivity contribution in [1.82, 2.24) is 5.32 Å². The van der Waals surface area contributed by atoms with Gasteiger partial charge in [0.15, 0.2) is 0 Å². The molecule has 1 aromatic carbocycles. The fourth-order valence-corrected chi connectivity index (χ4v) is 2.44. The van der Waals surface area contributed by atoms with E-state index < -0.39 is 0 Å². The van der Waals surface area contributed by atoms with Gasteiger partial charge in [-0.1, -0.05) is 0 Å². The maximum atomic E-state index is 11.5. The summed E-state index contributed by atoms with van der Waals surface area (Å²) < 4.78 is 0. The molecule has 0 bridgehead atoms. The number of carbonyl (C=O) groups is 1. The number of nitrogens with zero attached hydrogens (tertiary/aromatic N) is 1. The van der Waals surface area contributed by atoms with Crippen LogP contribution in [0.1, 0.15) is 23.2 Å². The summed E-state index contributed by atoms with van der Waals surface area (Å²) in [4.78, 5) is 13.6. The predicted molar refractivity (Wildman–Crippen MR) is 71.7 cm³/mol. The topological polar surface area (TPSA) is 78.6 Å². The Labute approximate surface area is 107 Å². The molecule has 1 aliphatic heterocycles. The maximum Gasteiger partial charge on any atom is 0.251 e. The van der Waals surface area contributed by atoms with Crippen molar-refractivity contribution in [2.24, 2.45) is 0 Å². The molecular formula is C13H19N3O2. The average Bonchev–Trinajstić information content (AvgIpc) is 2.85. The molecule has 18 heavy (non-hydrogen) atoms. The summed E-state index contributed by atoms with van der Waals surface area (Å²) in [5, 5.41) is 11.9. The third-order valence-corrected chi connectivity index (χ3v) is 3.41. The van der Waals surface area contributed by atoms with Crippen LogP contribution in [0.3, 0.4) is 0 Å². The van der Waals surface area contributed by atoms with E-state index in [0.29, 0.717) is 11.3 Å². The zero-order chi connectivity index (χ0) is 13.1. The van der Waals surface area contributed by atoms with Crippen LogP contribution in [0.15, 0.2) is 18.2 Å². The van der Waals surface area contributed by atoms with Crippen LogP contribution in [-0.2, 0) is 0 Å². The smallest absolute Gasteiger partial charge is 0.251 e. The van der Waals surface area contributed by atoms with Crippen LogP contribution < -0.4 is 16.0 Å². The molecule has 1 heterocycles. The predicted octanol–water partition coefficient (Wildman–Crippen LogP) is 0.590. The minimum atomic E-state index is -0.145. The Morgan fingerprint density at radius 2 is 2.39 bits per heavy atom. The number of aliphatic hydroxyl groups is 1. The van der Waals surface area contributed by atoms with Crippen molar-refractivity contribution in [3.8, 4) is 0 Å². The Morgan fingerprint density at radius 1 is 1.61 bits per heavy atom. The van der Waals surface area contributed by atoms with Crippen molar-refractivity contribution in [2.75, 3.05) is 30.8 Å². The maximum absolute atomic E-state index is 11.5. The highest BCUT2D eigenvalue weighted by Crippen LogP contribution is 2.30. The molecule has 1 fully saturated rings. The van der Waals surface area contributed by atoms with Gasteiger partial charge in [0.2, 0.25) is 0 Å². The SMILES string of the molecule is CNC(=O)c1ccc(N2CCCC2CO)c(N)c1. The molecule has 1 atom stereocenters. The van der Waals surface area contributed by atoms with E-state index in [0.717, 1.165) is 25.1 Å². The lowest BCUT2D eigenvalue weighted by Gasteiger charge is -2.26. The Kier molecular flexibility index (Phi) is 3.72. The summed E-state index contributed by atoms with van der Waals surface area (Å²) in [5.74, 6) is -0.145. The van der Waals surface area contributed by atoms with Crippen LogP contribution in [0.25, 0.3) is 0 Å². The van der Waals surface area contributed by atoms with Gasteiger partial charge >= 0.3 is 0 Å². The fourth-order valence-electron chi connectivity index (χ4n) is 2.44. The lowest BCUT2D eigenvalue weighted by molar-refractivity contribution is 0.0963. The van der Waals surface area contributed by atoms with Gasteiger partial charge in [0.1, 0.15) is 0 Å². The highest BCUT2D eigenvalue weighted by Gasteiger charge is 2.25. The second kappa shape index (κ2) is 5.27. The van der Waals surface area contributed by atoms with Crippen LogP contribution >= 0.6 is 0 Å². The first-order valence-electron chi connectivity index (χ1n) is 6.16. The van der Waals surface area contributed by atoms with E-state index in [1.54, 1.807) is 19.2 Å². The Morgan fingerprint density at radius 3 is 3.00 bits per heavy atom. The van der Waals surface area contributed by atoms with Crippen LogP contribution in [0.4, 0.5) is 11.4 Å². The zero-order valence-corrected chi connectivity index (χ0v) is 10.5. The lowest BCUT2D eigenvalue weighted by Crippen LogP contribution is -2.32. The van der Waals surface area contributed by atoms with Crippen LogP contribution in [-0.4, -0.2) is 37.3 Å². The zero-order valence-electron chi connectivity index (χ0n) is 10.5. The molecular weight excluding hydrogens is 230 g/mol. The molecule has 4 N–H and O–H groups in total. The third kappa shape index (κ3) is 2.26. The van der Waals surface area contributed by atoms with Gasteiger partial charge in [-0.05, 0) is 31.0 Å². The molecule has 1 aliphatic rings. The molecule has 1 saturated heterocycles. The van der Waals surface area contributed by atoms with Crippen molar-refractivity contribution in [3.63, 3.8) is 0 Å². The normalized spacial score (nSPS) is 19.0. The molecule has 0 radical (unpaired) electrons. The number of hydrogen-bond donors (Lipinski definition) is 3. The van der Waals surface area contributed by atoms with Gasteiger partial charge in [-0.15, -0.1) is 0 Å². The number of aliphatic hydroxyl groups excluding tert-OH is 1. The Hall–Kier alpha value is -1.75. The molecule has 2 rings (SSSR count). The number of amides is 1. The summed E-state index contributed by atoms with van der Waals surface area (Å²) in [6.07, 6.45) is 2.04. The summed E-state index contributed by atoms with van der Waals surface area (Å²) in [7, 11) is 1.59. The average molecular weight is 249 g/mol. The number of nitrogen functional groups attached to an aromatic ring is 1.